The largest absolute Gasteiger partial charge is 0.379 e. The lowest BCUT2D eigenvalue weighted by molar-refractivity contribution is -0.133. The topological polar surface area (TPSA) is 32.8 Å². The van der Waals surface area contributed by atoms with Gasteiger partial charge < -0.3 is 9.64 Å². The molecule has 112 valence electrons. The first-order chi connectivity index (χ1) is 10.3. The number of rotatable bonds is 3. The summed E-state index contributed by atoms with van der Waals surface area (Å²) >= 11 is 0. The molecule has 0 N–H and O–H groups in total. The van der Waals surface area contributed by atoms with Gasteiger partial charge in [-0.25, -0.2) is 0 Å². The molecule has 0 aromatic heterocycles. The molecule has 2 aliphatic rings. The van der Waals surface area contributed by atoms with Crippen molar-refractivity contribution in [1.82, 2.24) is 9.80 Å². The Morgan fingerprint density at radius 1 is 1.10 bits per heavy atom. The maximum absolute atomic E-state index is 12.3. The molecule has 0 bridgehead atoms. The van der Waals surface area contributed by atoms with E-state index < -0.39 is 0 Å². The van der Waals surface area contributed by atoms with Crippen molar-refractivity contribution >= 4 is 11.5 Å². The predicted molar refractivity (Wildman–Crippen MR) is 82.9 cm³/mol. The van der Waals surface area contributed by atoms with Crippen LogP contribution in [0.5, 0.6) is 0 Å². The van der Waals surface area contributed by atoms with Crippen LogP contribution in [0.25, 0.3) is 5.57 Å². The van der Waals surface area contributed by atoms with E-state index in [2.05, 4.69) is 35.2 Å². The van der Waals surface area contributed by atoms with Crippen LogP contribution in [0.1, 0.15) is 12.0 Å². The fourth-order valence-corrected chi connectivity index (χ4v) is 2.86. The zero-order chi connectivity index (χ0) is 14.5. The molecule has 2 aliphatic heterocycles. The average Bonchev–Trinajstić information content (AvgIpc) is 2.57. The van der Waals surface area contributed by atoms with E-state index in [0.717, 1.165) is 45.8 Å². The molecule has 1 aromatic rings. The van der Waals surface area contributed by atoms with Gasteiger partial charge >= 0.3 is 0 Å². The molecule has 1 fully saturated rings. The second-order valence-electron chi connectivity index (χ2n) is 5.57. The van der Waals surface area contributed by atoms with Crippen molar-refractivity contribution < 1.29 is 9.53 Å². The smallest absolute Gasteiger partial charge is 0.237 e. The second-order valence-corrected chi connectivity index (χ2v) is 5.57. The Bertz CT molecular complexity index is 507. The lowest BCUT2D eigenvalue weighted by Crippen LogP contribution is -2.45. The van der Waals surface area contributed by atoms with Crippen LogP contribution in [0.2, 0.25) is 0 Å². The standard InChI is InChI=1S/C17H22N2O2/c20-17(14-18-10-12-21-13-11-18)19-8-6-16(7-9-19)15-4-2-1-3-5-15/h1-6H,7-14H2. The number of morpholine rings is 1. The minimum atomic E-state index is 0.236. The Kier molecular flexibility index (Phi) is 4.68. The maximum Gasteiger partial charge on any atom is 0.237 e. The Morgan fingerprint density at radius 3 is 2.52 bits per heavy atom. The van der Waals surface area contributed by atoms with Gasteiger partial charge in [0.15, 0.2) is 0 Å². The lowest BCUT2D eigenvalue weighted by atomic mass is 9.99. The van der Waals surface area contributed by atoms with Gasteiger partial charge in [0.05, 0.1) is 19.8 Å². The molecular weight excluding hydrogens is 264 g/mol. The first-order valence-electron chi connectivity index (χ1n) is 7.65. The molecule has 0 spiro atoms. The highest BCUT2D eigenvalue weighted by molar-refractivity contribution is 5.80. The molecule has 0 aliphatic carbocycles. The van der Waals surface area contributed by atoms with Crippen molar-refractivity contribution in [2.45, 2.75) is 6.42 Å². The van der Waals surface area contributed by atoms with E-state index in [1.54, 1.807) is 0 Å². The van der Waals surface area contributed by atoms with Gasteiger partial charge in [-0.15, -0.1) is 0 Å². The van der Waals surface area contributed by atoms with Crippen molar-refractivity contribution in [2.24, 2.45) is 0 Å². The third-order valence-corrected chi connectivity index (χ3v) is 4.17. The van der Waals surface area contributed by atoms with E-state index >= 15 is 0 Å². The summed E-state index contributed by atoms with van der Waals surface area (Å²) in [6.45, 7) is 5.29. The number of hydrogen-bond acceptors (Lipinski definition) is 3. The zero-order valence-corrected chi connectivity index (χ0v) is 12.3. The number of ether oxygens (including phenoxy) is 1. The van der Waals surface area contributed by atoms with Gasteiger partial charge in [0.2, 0.25) is 5.91 Å². The Labute approximate surface area is 126 Å². The van der Waals surface area contributed by atoms with E-state index in [-0.39, 0.29) is 5.91 Å². The highest BCUT2D eigenvalue weighted by Gasteiger charge is 2.21. The van der Waals surface area contributed by atoms with Crippen molar-refractivity contribution in [1.29, 1.82) is 0 Å². The third-order valence-electron chi connectivity index (χ3n) is 4.17. The Morgan fingerprint density at radius 2 is 1.86 bits per heavy atom. The molecule has 0 saturated carbocycles. The van der Waals surface area contributed by atoms with Crippen LogP contribution >= 0.6 is 0 Å². The first kappa shape index (κ1) is 14.3. The summed E-state index contributed by atoms with van der Waals surface area (Å²) < 4.78 is 5.31. The summed E-state index contributed by atoms with van der Waals surface area (Å²) in [6.07, 6.45) is 3.13. The minimum Gasteiger partial charge on any atom is -0.379 e. The lowest BCUT2D eigenvalue weighted by Gasteiger charge is -2.31. The Balaban J connectivity index is 1.55. The van der Waals surface area contributed by atoms with Crippen LogP contribution in [0.4, 0.5) is 0 Å². The average molecular weight is 286 g/mol. The molecule has 21 heavy (non-hydrogen) atoms. The van der Waals surface area contributed by atoms with Gasteiger partial charge in [0.25, 0.3) is 0 Å². The van der Waals surface area contributed by atoms with Crippen LogP contribution in [0.3, 0.4) is 0 Å². The number of benzene rings is 1. The van der Waals surface area contributed by atoms with Gasteiger partial charge in [-0.05, 0) is 17.6 Å². The molecule has 2 heterocycles. The van der Waals surface area contributed by atoms with Gasteiger partial charge in [0, 0.05) is 26.2 Å². The number of amides is 1. The third kappa shape index (κ3) is 3.71. The van der Waals surface area contributed by atoms with Crippen LogP contribution in [-0.4, -0.2) is 61.6 Å². The molecule has 4 nitrogen and oxygen atoms in total. The first-order valence-corrected chi connectivity index (χ1v) is 7.65. The summed E-state index contributed by atoms with van der Waals surface area (Å²) in [4.78, 5) is 16.5. The summed E-state index contributed by atoms with van der Waals surface area (Å²) in [5.74, 6) is 0.236. The van der Waals surface area contributed by atoms with E-state index in [1.165, 1.54) is 11.1 Å². The molecule has 0 unspecified atom stereocenters. The summed E-state index contributed by atoms with van der Waals surface area (Å²) in [6, 6.07) is 10.4. The molecule has 1 aromatic carbocycles. The number of hydrogen-bond donors (Lipinski definition) is 0. The maximum atomic E-state index is 12.3. The highest BCUT2D eigenvalue weighted by Crippen LogP contribution is 2.22. The predicted octanol–water partition coefficient (Wildman–Crippen LogP) is 1.63. The van der Waals surface area contributed by atoms with Crippen molar-refractivity contribution in [3.05, 3.63) is 42.0 Å². The fraction of sp³-hybridized carbons (Fsp3) is 0.471. The minimum absolute atomic E-state index is 0.236. The van der Waals surface area contributed by atoms with Crippen LogP contribution in [0, 0.1) is 0 Å². The van der Waals surface area contributed by atoms with E-state index in [1.807, 2.05) is 11.0 Å². The molecule has 3 rings (SSSR count). The molecule has 0 radical (unpaired) electrons. The van der Waals surface area contributed by atoms with Gasteiger partial charge in [-0.3, -0.25) is 9.69 Å². The molecule has 4 heteroatoms. The van der Waals surface area contributed by atoms with E-state index in [9.17, 15) is 4.79 Å². The number of carbonyl (C=O) groups excluding carboxylic acids is 1. The zero-order valence-electron chi connectivity index (χ0n) is 12.3. The van der Waals surface area contributed by atoms with Crippen molar-refractivity contribution in [2.75, 3.05) is 45.9 Å². The quantitative estimate of drug-likeness (QED) is 0.847. The van der Waals surface area contributed by atoms with Crippen LogP contribution in [-0.2, 0) is 9.53 Å². The van der Waals surface area contributed by atoms with Crippen molar-refractivity contribution in [3.63, 3.8) is 0 Å². The monoisotopic (exact) mass is 286 g/mol. The van der Waals surface area contributed by atoms with Crippen LogP contribution < -0.4 is 0 Å². The van der Waals surface area contributed by atoms with Gasteiger partial charge in [-0.1, -0.05) is 36.4 Å². The number of nitrogens with zero attached hydrogens (tertiary/aromatic N) is 2. The number of carbonyl (C=O) groups is 1. The molecule has 1 saturated heterocycles. The molecule has 0 atom stereocenters. The highest BCUT2D eigenvalue weighted by atomic mass is 16.5. The summed E-state index contributed by atoms with van der Waals surface area (Å²) in [5, 5.41) is 0. The van der Waals surface area contributed by atoms with Gasteiger partial charge in [0.1, 0.15) is 0 Å². The fourth-order valence-electron chi connectivity index (χ4n) is 2.86. The normalized spacial score (nSPS) is 20.2. The SMILES string of the molecule is O=C(CN1CCOCC1)N1CC=C(c2ccccc2)CC1. The summed E-state index contributed by atoms with van der Waals surface area (Å²) in [7, 11) is 0. The summed E-state index contributed by atoms with van der Waals surface area (Å²) in [5.41, 5.74) is 2.63. The Hall–Kier alpha value is -1.65. The molecular formula is C17H22N2O2. The second kappa shape index (κ2) is 6.87. The van der Waals surface area contributed by atoms with E-state index in [4.69, 9.17) is 4.74 Å². The van der Waals surface area contributed by atoms with Crippen molar-refractivity contribution in [3.8, 4) is 0 Å². The van der Waals surface area contributed by atoms with Crippen LogP contribution in [0.15, 0.2) is 36.4 Å². The van der Waals surface area contributed by atoms with E-state index in [0.29, 0.717) is 6.54 Å². The molecule has 1 amide bonds. The van der Waals surface area contributed by atoms with Gasteiger partial charge in [-0.2, -0.15) is 0 Å².